The minimum absolute atomic E-state index is 0.142. The van der Waals surface area contributed by atoms with Crippen molar-refractivity contribution in [3.05, 3.63) is 41.5 Å². The van der Waals surface area contributed by atoms with Gasteiger partial charge in [-0.15, -0.1) is 0 Å². The largest absolute Gasteiger partial charge is 0.493 e. The molecular weight excluding hydrogens is 332 g/mol. The SMILES string of the molecule is COc1ccc(-c2cccc3c2CCC3=O)c(OC(=O)C(C)C)c1OC. The van der Waals surface area contributed by atoms with Gasteiger partial charge in [0.1, 0.15) is 0 Å². The zero-order chi connectivity index (χ0) is 18.8. The van der Waals surface area contributed by atoms with Crippen LogP contribution >= 0.6 is 0 Å². The van der Waals surface area contributed by atoms with E-state index in [1.54, 1.807) is 19.9 Å². The predicted octanol–water partition coefficient (Wildman–Crippen LogP) is 4.06. The van der Waals surface area contributed by atoms with E-state index in [9.17, 15) is 9.59 Å². The molecule has 0 atom stereocenters. The van der Waals surface area contributed by atoms with Crippen LogP contribution in [-0.2, 0) is 11.2 Å². The fourth-order valence-corrected chi connectivity index (χ4v) is 3.17. The molecule has 0 unspecified atom stereocenters. The molecular formula is C21H22O5. The van der Waals surface area contributed by atoms with Crippen LogP contribution in [0.5, 0.6) is 17.2 Å². The highest BCUT2D eigenvalue weighted by atomic mass is 16.6. The Bertz CT molecular complexity index is 867. The topological polar surface area (TPSA) is 61.8 Å². The normalized spacial score (nSPS) is 12.9. The quantitative estimate of drug-likeness (QED) is 0.598. The average Bonchev–Trinajstić information content (AvgIpc) is 3.02. The van der Waals surface area contributed by atoms with E-state index in [-0.39, 0.29) is 17.7 Å². The Morgan fingerprint density at radius 3 is 2.31 bits per heavy atom. The van der Waals surface area contributed by atoms with Crippen molar-refractivity contribution in [1.29, 1.82) is 0 Å². The summed E-state index contributed by atoms with van der Waals surface area (Å²) in [5, 5.41) is 0. The standard InChI is InChI=1S/C21H22O5/c1-12(2)21(23)26-19-16(9-11-18(24-3)20(19)25-4)13-6-5-7-15-14(13)8-10-17(15)22/h5-7,9,11-12H,8,10H2,1-4H3. The Balaban J connectivity index is 2.22. The first-order valence-corrected chi connectivity index (χ1v) is 8.60. The van der Waals surface area contributed by atoms with Gasteiger partial charge < -0.3 is 14.2 Å². The van der Waals surface area contributed by atoms with Crippen LogP contribution < -0.4 is 14.2 Å². The van der Waals surface area contributed by atoms with Gasteiger partial charge in [0.25, 0.3) is 0 Å². The number of rotatable bonds is 5. The first-order chi connectivity index (χ1) is 12.5. The molecule has 0 spiro atoms. The van der Waals surface area contributed by atoms with Crippen molar-refractivity contribution in [2.75, 3.05) is 14.2 Å². The molecule has 26 heavy (non-hydrogen) atoms. The van der Waals surface area contributed by atoms with Crippen LogP contribution in [0.25, 0.3) is 11.1 Å². The number of carbonyl (C=O) groups excluding carboxylic acids is 2. The fraction of sp³-hybridized carbons (Fsp3) is 0.333. The highest BCUT2D eigenvalue weighted by Gasteiger charge is 2.27. The molecule has 0 aliphatic heterocycles. The van der Waals surface area contributed by atoms with E-state index in [1.165, 1.54) is 14.2 Å². The molecule has 0 saturated carbocycles. The van der Waals surface area contributed by atoms with Gasteiger partial charge in [-0.3, -0.25) is 9.59 Å². The lowest BCUT2D eigenvalue weighted by Gasteiger charge is -2.19. The molecule has 136 valence electrons. The lowest BCUT2D eigenvalue weighted by molar-refractivity contribution is -0.137. The second-order valence-corrected chi connectivity index (χ2v) is 6.51. The van der Waals surface area contributed by atoms with Crippen LogP contribution in [-0.4, -0.2) is 26.0 Å². The van der Waals surface area contributed by atoms with Crippen molar-refractivity contribution >= 4 is 11.8 Å². The maximum Gasteiger partial charge on any atom is 0.313 e. The van der Waals surface area contributed by atoms with E-state index >= 15 is 0 Å². The van der Waals surface area contributed by atoms with Gasteiger partial charge in [0.05, 0.1) is 20.1 Å². The van der Waals surface area contributed by atoms with Gasteiger partial charge in [-0.2, -0.15) is 0 Å². The summed E-state index contributed by atoms with van der Waals surface area (Å²) in [6, 6.07) is 9.24. The molecule has 0 N–H and O–H groups in total. The molecule has 0 radical (unpaired) electrons. The first-order valence-electron chi connectivity index (χ1n) is 8.60. The molecule has 0 aromatic heterocycles. The molecule has 2 aromatic carbocycles. The summed E-state index contributed by atoms with van der Waals surface area (Å²) in [6.45, 7) is 3.54. The monoisotopic (exact) mass is 354 g/mol. The molecule has 3 rings (SSSR count). The number of methoxy groups -OCH3 is 2. The molecule has 5 nitrogen and oxygen atoms in total. The van der Waals surface area contributed by atoms with E-state index in [4.69, 9.17) is 14.2 Å². The predicted molar refractivity (Wildman–Crippen MR) is 98.1 cm³/mol. The molecule has 0 heterocycles. The van der Waals surface area contributed by atoms with Crippen LogP contribution in [0, 0.1) is 5.92 Å². The van der Waals surface area contributed by atoms with Crippen molar-refractivity contribution in [3.63, 3.8) is 0 Å². The zero-order valence-electron chi connectivity index (χ0n) is 15.4. The lowest BCUT2D eigenvalue weighted by atomic mass is 9.95. The lowest BCUT2D eigenvalue weighted by Crippen LogP contribution is -2.16. The van der Waals surface area contributed by atoms with Crippen molar-refractivity contribution in [1.82, 2.24) is 0 Å². The van der Waals surface area contributed by atoms with Crippen LogP contribution in [0.1, 0.15) is 36.2 Å². The molecule has 1 aliphatic rings. The summed E-state index contributed by atoms with van der Waals surface area (Å²) in [7, 11) is 3.04. The second kappa shape index (κ2) is 7.20. The average molecular weight is 354 g/mol. The van der Waals surface area contributed by atoms with Crippen LogP contribution in [0.4, 0.5) is 0 Å². The van der Waals surface area contributed by atoms with E-state index in [2.05, 4.69) is 0 Å². The number of fused-ring (bicyclic) bond motifs is 1. The minimum Gasteiger partial charge on any atom is -0.493 e. The van der Waals surface area contributed by atoms with Crippen molar-refractivity contribution in [2.45, 2.75) is 26.7 Å². The Kier molecular flexibility index (Phi) is 4.98. The molecule has 0 fully saturated rings. The van der Waals surface area contributed by atoms with Crippen LogP contribution in [0.2, 0.25) is 0 Å². The number of hydrogen-bond donors (Lipinski definition) is 0. The maximum absolute atomic E-state index is 12.3. The zero-order valence-corrected chi connectivity index (χ0v) is 15.4. The molecule has 5 heteroatoms. The Morgan fingerprint density at radius 2 is 1.65 bits per heavy atom. The molecule has 1 aliphatic carbocycles. The molecule has 2 aromatic rings. The third-order valence-corrected chi connectivity index (χ3v) is 4.54. The number of ketones is 1. The van der Waals surface area contributed by atoms with Gasteiger partial charge in [-0.25, -0.2) is 0 Å². The van der Waals surface area contributed by atoms with E-state index in [0.717, 1.165) is 16.7 Å². The van der Waals surface area contributed by atoms with Gasteiger partial charge >= 0.3 is 5.97 Å². The van der Waals surface area contributed by atoms with Gasteiger partial charge in [0.15, 0.2) is 17.3 Å². The highest BCUT2D eigenvalue weighted by molar-refractivity contribution is 6.03. The van der Waals surface area contributed by atoms with Crippen molar-refractivity contribution < 1.29 is 23.8 Å². The highest BCUT2D eigenvalue weighted by Crippen LogP contribution is 2.46. The third-order valence-electron chi connectivity index (χ3n) is 4.54. The molecule has 0 bridgehead atoms. The third kappa shape index (κ3) is 3.05. The van der Waals surface area contributed by atoms with Crippen molar-refractivity contribution in [2.24, 2.45) is 5.92 Å². The number of esters is 1. The van der Waals surface area contributed by atoms with E-state index in [1.807, 2.05) is 24.3 Å². The Labute approximate surface area is 152 Å². The van der Waals surface area contributed by atoms with E-state index in [0.29, 0.717) is 35.7 Å². The van der Waals surface area contributed by atoms with Crippen LogP contribution in [0.15, 0.2) is 30.3 Å². The summed E-state index contributed by atoms with van der Waals surface area (Å²) >= 11 is 0. The number of Topliss-reactive ketones (excluding diaryl/α,β-unsaturated/α-hetero) is 1. The minimum atomic E-state index is -0.360. The smallest absolute Gasteiger partial charge is 0.313 e. The summed E-state index contributed by atoms with van der Waals surface area (Å²) in [6.07, 6.45) is 1.18. The van der Waals surface area contributed by atoms with E-state index < -0.39 is 0 Å². The Hall–Kier alpha value is -2.82. The molecule has 0 amide bonds. The van der Waals surface area contributed by atoms with Gasteiger partial charge in [-0.1, -0.05) is 32.0 Å². The van der Waals surface area contributed by atoms with Gasteiger partial charge in [0, 0.05) is 17.5 Å². The first kappa shape index (κ1) is 18.0. The summed E-state index contributed by atoms with van der Waals surface area (Å²) in [4.78, 5) is 24.4. The second-order valence-electron chi connectivity index (χ2n) is 6.51. The summed E-state index contributed by atoms with van der Waals surface area (Å²) in [5.74, 6) is 0.650. The maximum atomic E-state index is 12.3. The summed E-state index contributed by atoms with van der Waals surface area (Å²) in [5.41, 5.74) is 3.30. The number of hydrogen-bond acceptors (Lipinski definition) is 5. The number of benzene rings is 2. The molecule has 0 saturated heterocycles. The number of ether oxygens (including phenoxy) is 3. The Morgan fingerprint density at radius 1 is 0.923 bits per heavy atom. The van der Waals surface area contributed by atoms with Gasteiger partial charge in [-0.05, 0) is 29.7 Å². The van der Waals surface area contributed by atoms with Crippen molar-refractivity contribution in [3.8, 4) is 28.4 Å². The van der Waals surface area contributed by atoms with Crippen LogP contribution in [0.3, 0.4) is 0 Å². The summed E-state index contributed by atoms with van der Waals surface area (Å²) < 4.78 is 16.5. The fourth-order valence-electron chi connectivity index (χ4n) is 3.17. The number of carbonyl (C=O) groups is 2. The van der Waals surface area contributed by atoms with Gasteiger partial charge in [0.2, 0.25) is 5.75 Å².